The number of rotatable bonds is 3. The first-order valence-corrected chi connectivity index (χ1v) is 6.08. The zero-order valence-corrected chi connectivity index (χ0v) is 10.9. The predicted octanol–water partition coefficient (Wildman–Crippen LogP) is 3.63. The van der Waals surface area contributed by atoms with Crippen molar-refractivity contribution in [1.29, 1.82) is 0 Å². The zero-order chi connectivity index (χ0) is 16.5. The van der Waals surface area contributed by atoms with E-state index in [0.29, 0.717) is 0 Å². The summed E-state index contributed by atoms with van der Waals surface area (Å²) in [6.07, 6.45) is -6.56. The van der Waals surface area contributed by atoms with Gasteiger partial charge in [-0.2, -0.15) is 13.2 Å². The Morgan fingerprint density at radius 2 is 1.77 bits per heavy atom. The molecule has 22 heavy (non-hydrogen) atoms. The lowest BCUT2D eigenvalue weighted by Gasteiger charge is -2.14. The molecule has 2 N–H and O–H groups in total. The molecule has 1 unspecified atom stereocenters. The van der Waals surface area contributed by atoms with Gasteiger partial charge in [0.05, 0.1) is 5.56 Å². The maximum absolute atomic E-state index is 13.4. The number of carbonyl (C=O) groups is 1. The minimum atomic E-state index is -4.59. The number of carboxylic acid groups (broad SMARTS) is 1. The van der Waals surface area contributed by atoms with Crippen LogP contribution in [0.3, 0.4) is 0 Å². The molecule has 0 heterocycles. The molecule has 0 aliphatic carbocycles. The fraction of sp³-hybridized carbons (Fsp3) is 0.133. The molecule has 7 heteroatoms. The molecular weight excluding hydrogens is 304 g/mol. The van der Waals surface area contributed by atoms with Gasteiger partial charge in [-0.15, -0.1) is 0 Å². The van der Waals surface area contributed by atoms with Gasteiger partial charge in [-0.05, 0) is 41.0 Å². The summed E-state index contributed by atoms with van der Waals surface area (Å²) >= 11 is 0. The lowest BCUT2D eigenvalue weighted by molar-refractivity contribution is -0.147. The van der Waals surface area contributed by atoms with Gasteiger partial charge in [-0.3, -0.25) is 0 Å². The van der Waals surface area contributed by atoms with E-state index < -0.39 is 29.6 Å². The van der Waals surface area contributed by atoms with Crippen LogP contribution in [0.2, 0.25) is 0 Å². The van der Waals surface area contributed by atoms with Crippen LogP contribution < -0.4 is 0 Å². The lowest BCUT2D eigenvalue weighted by atomic mass is 9.95. The van der Waals surface area contributed by atoms with Crippen molar-refractivity contribution in [2.75, 3.05) is 0 Å². The Kier molecular flexibility index (Phi) is 4.18. The summed E-state index contributed by atoms with van der Waals surface area (Å²) in [4.78, 5) is 10.9. The molecule has 0 aliphatic heterocycles. The van der Waals surface area contributed by atoms with Gasteiger partial charge in [-0.25, -0.2) is 9.18 Å². The number of hydrogen-bond acceptors (Lipinski definition) is 2. The first-order valence-electron chi connectivity index (χ1n) is 6.08. The summed E-state index contributed by atoms with van der Waals surface area (Å²) in [6.45, 7) is 0. The minimum Gasteiger partial charge on any atom is -0.479 e. The largest absolute Gasteiger partial charge is 0.479 e. The Labute approximate surface area is 122 Å². The maximum Gasteiger partial charge on any atom is 0.416 e. The van der Waals surface area contributed by atoms with Crippen LogP contribution in [0.4, 0.5) is 17.6 Å². The Morgan fingerprint density at radius 3 is 2.36 bits per heavy atom. The van der Waals surface area contributed by atoms with Gasteiger partial charge in [0.25, 0.3) is 0 Å². The van der Waals surface area contributed by atoms with E-state index in [4.69, 9.17) is 5.11 Å². The fourth-order valence-corrected chi connectivity index (χ4v) is 2.01. The second-order valence-corrected chi connectivity index (χ2v) is 4.55. The normalized spacial score (nSPS) is 13.0. The van der Waals surface area contributed by atoms with Gasteiger partial charge in [0.15, 0.2) is 6.10 Å². The number of halogens is 4. The number of aliphatic carboxylic acids is 1. The number of carboxylic acids is 1. The van der Waals surface area contributed by atoms with Crippen LogP contribution in [0.25, 0.3) is 11.1 Å². The summed E-state index contributed by atoms with van der Waals surface area (Å²) in [5.41, 5.74) is -1.29. The van der Waals surface area contributed by atoms with Crippen molar-refractivity contribution >= 4 is 5.97 Å². The average Bonchev–Trinajstić information content (AvgIpc) is 2.45. The number of benzene rings is 2. The molecule has 2 rings (SSSR count). The van der Waals surface area contributed by atoms with Crippen molar-refractivity contribution in [3.05, 3.63) is 59.4 Å². The molecule has 0 spiro atoms. The number of aliphatic hydroxyl groups is 1. The molecule has 0 saturated heterocycles. The molecule has 116 valence electrons. The van der Waals surface area contributed by atoms with Crippen LogP contribution in [-0.4, -0.2) is 16.2 Å². The van der Waals surface area contributed by atoms with Crippen LogP contribution in [0, 0.1) is 5.82 Å². The molecule has 0 saturated carbocycles. The van der Waals surface area contributed by atoms with Gasteiger partial charge < -0.3 is 10.2 Å². The van der Waals surface area contributed by atoms with Gasteiger partial charge in [-0.1, -0.05) is 18.2 Å². The van der Waals surface area contributed by atoms with Gasteiger partial charge >= 0.3 is 12.1 Å². The molecular formula is C15H10F4O3. The fourth-order valence-electron chi connectivity index (χ4n) is 2.01. The van der Waals surface area contributed by atoms with E-state index in [-0.39, 0.29) is 16.7 Å². The smallest absolute Gasteiger partial charge is 0.416 e. The zero-order valence-electron chi connectivity index (χ0n) is 10.9. The van der Waals surface area contributed by atoms with Crippen LogP contribution in [0.5, 0.6) is 0 Å². The van der Waals surface area contributed by atoms with E-state index in [9.17, 15) is 27.5 Å². The first kappa shape index (κ1) is 16.0. The van der Waals surface area contributed by atoms with Crippen molar-refractivity contribution in [2.45, 2.75) is 12.3 Å². The molecule has 0 aliphatic rings. The maximum atomic E-state index is 13.4. The third-order valence-corrected chi connectivity index (χ3v) is 3.04. The molecule has 0 radical (unpaired) electrons. The Hall–Kier alpha value is -2.41. The molecule has 0 amide bonds. The van der Waals surface area contributed by atoms with E-state index in [2.05, 4.69) is 0 Å². The Bertz CT molecular complexity index is 710. The highest BCUT2D eigenvalue weighted by Crippen LogP contribution is 2.34. The predicted molar refractivity (Wildman–Crippen MR) is 69.4 cm³/mol. The monoisotopic (exact) mass is 314 g/mol. The van der Waals surface area contributed by atoms with Crippen LogP contribution in [0.15, 0.2) is 42.5 Å². The van der Waals surface area contributed by atoms with E-state index in [1.165, 1.54) is 6.07 Å². The SMILES string of the molecule is O=C(O)C(O)c1ccc(F)cc1-c1cccc(C(F)(F)F)c1. The third-order valence-electron chi connectivity index (χ3n) is 3.04. The third kappa shape index (κ3) is 3.25. The van der Waals surface area contributed by atoms with Crippen LogP contribution >= 0.6 is 0 Å². The molecule has 0 bridgehead atoms. The summed E-state index contributed by atoms with van der Waals surface area (Å²) < 4.78 is 51.6. The minimum absolute atomic E-state index is 0.0374. The van der Waals surface area contributed by atoms with Crippen LogP contribution in [-0.2, 0) is 11.0 Å². The topological polar surface area (TPSA) is 57.5 Å². The van der Waals surface area contributed by atoms with Crippen LogP contribution in [0.1, 0.15) is 17.2 Å². The van der Waals surface area contributed by atoms with E-state index in [0.717, 1.165) is 36.4 Å². The van der Waals surface area contributed by atoms with Crippen molar-refractivity contribution in [3.63, 3.8) is 0 Å². The highest BCUT2D eigenvalue weighted by atomic mass is 19.4. The van der Waals surface area contributed by atoms with E-state index in [1.807, 2.05) is 0 Å². The van der Waals surface area contributed by atoms with Crippen molar-refractivity contribution in [1.82, 2.24) is 0 Å². The molecule has 2 aromatic carbocycles. The van der Waals surface area contributed by atoms with E-state index >= 15 is 0 Å². The lowest BCUT2D eigenvalue weighted by Crippen LogP contribution is -2.12. The summed E-state index contributed by atoms with van der Waals surface area (Å²) in [5, 5.41) is 18.5. The second-order valence-electron chi connectivity index (χ2n) is 4.55. The van der Waals surface area contributed by atoms with Gasteiger partial charge in [0.2, 0.25) is 0 Å². The summed E-state index contributed by atoms with van der Waals surface area (Å²) in [5.74, 6) is -2.34. The van der Waals surface area contributed by atoms with Gasteiger partial charge in [0, 0.05) is 0 Å². The highest BCUT2D eigenvalue weighted by molar-refractivity contribution is 5.79. The Morgan fingerprint density at radius 1 is 1.09 bits per heavy atom. The van der Waals surface area contributed by atoms with Crippen molar-refractivity contribution < 1.29 is 32.6 Å². The Balaban J connectivity index is 2.62. The highest BCUT2D eigenvalue weighted by Gasteiger charge is 2.31. The van der Waals surface area contributed by atoms with Gasteiger partial charge in [0.1, 0.15) is 5.82 Å². The number of aliphatic hydroxyl groups excluding tert-OH is 1. The molecule has 1 atom stereocenters. The average molecular weight is 314 g/mol. The number of hydrogen-bond donors (Lipinski definition) is 2. The first-order chi connectivity index (χ1) is 10.2. The molecule has 3 nitrogen and oxygen atoms in total. The molecule has 0 fully saturated rings. The van der Waals surface area contributed by atoms with Crippen molar-refractivity contribution in [2.24, 2.45) is 0 Å². The standard InChI is InChI=1S/C15H10F4O3/c16-10-4-5-11(13(20)14(21)22)12(7-10)8-2-1-3-9(6-8)15(17,18)19/h1-7,13,20H,(H,21,22). The summed E-state index contributed by atoms with van der Waals surface area (Å²) in [7, 11) is 0. The summed E-state index contributed by atoms with van der Waals surface area (Å²) in [6, 6.07) is 6.87. The molecule has 0 aromatic heterocycles. The van der Waals surface area contributed by atoms with E-state index in [1.54, 1.807) is 0 Å². The number of alkyl halides is 3. The second kappa shape index (κ2) is 5.76. The van der Waals surface area contributed by atoms with Crippen molar-refractivity contribution in [3.8, 4) is 11.1 Å². The quantitative estimate of drug-likeness (QED) is 0.851. The molecule has 2 aromatic rings.